The fourth-order valence-electron chi connectivity index (χ4n) is 2.93. The van der Waals surface area contributed by atoms with Crippen molar-refractivity contribution in [1.29, 1.82) is 0 Å². The van der Waals surface area contributed by atoms with Crippen molar-refractivity contribution in [3.8, 4) is 0 Å². The summed E-state index contributed by atoms with van der Waals surface area (Å²) in [5, 5.41) is 0. The van der Waals surface area contributed by atoms with Crippen LogP contribution in [-0.4, -0.2) is 25.9 Å². The first-order valence-electron chi connectivity index (χ1n) is 7.23. The summed E-state index contributed by atoms with van der Waals surface area (Å²) in [6.07, 6.45) is 10.3. The summed E-state index contributed by atoms with van der Waals surface area (Å²) in [7, 11) is 0. The summed E-state index contributed by atoms with van der Waals surface area (Å²) in [6, 6.07) is 0. The number of ether oxygens (including phenoxy) is 2. The van der Waals surface area contributed by atoms with Gasteiger partial charge in [-0.15, -0.1) is 0 Å². The maximum atomic E-state index is 6.13. The molecule has 18 heavy (non-hydrogen) atoms. The Morgan fingerprint density at radius 3 is 2.56 bits per heavy atom. The second-order valence-corrected chi connectivity index (χ2v) is 5.84. The molecule has 3 heteroatoms. The van der Waals surface area contributed by atoms with Gasteiger partial charge in [0.05, 0.1) is 19.3 Å². The van der Waals surface area contributed by atoms with Gasteiger partial charge in [0.1, 0.15) is 0 Å². The van der Waals surface area contributed by atoms with Crippen molar-refractivity contribution in [1.82, 2.24) is 0 Å². The van der Waals surface area contributed by atoms with Crippen LogP contribution in [0.25, 0.3) is 0 Å². The molecule has 0 aliphatic heterocycles. The van der Waals surface area contributed by atoms with Crippen molar-refractivity contribution in [3.05, 3.63) is 10.2 Å². The molecule has 0 aromatic rings. The van der Waals surface area contributed by atoms with Gasteiger partial charge in [-0.2, -0.15) is 0 Å². The van der Waals surface area contributed by atoms with Crippen LogP contribution < -0.4 is 0 Å². The number of hydrogen-bond acceptors (Lipinski definition) is 2. The topological polar surface area (TPSA) is 18.5 Å². The van der Waals surface area contributed by atoms with Gasteiger partial charge in [-0.05, 0) is 42.1 Å². The quantitative estimate of drug-likeness (QED) is 0.412. The van der Waals surface area contributed by atoms with Gasteiger partial charge >= 0.3 is 0 Å². The Kier molecular flexibility index (Phi) is 8.51. The lowest BCUT2D eigenvalue weighted by molar-refractivity contribution is -0.0965. The van der Waals surface area contributed by atoms with Crippen LogP contribution in [0.4, 0.5) is 0 Å². The minimum atomic E-state index is 0.387. The van der Waals surface area contributed by atoms with Crippen molar-refractivity contribution in [2.75, 3.05) is 19.8 Å². The van der Waals surface area contributed by atoms with Crippen LogP contribution in [0.3, 0.4) is 0 Å². The maximum Gasteiger partial charge on any atom is 0.0704 e. The lowest BCUT2D eigenvalue weighted by Gasteiger charge is -2.47. The molecule has 1 unspecified atom stereocenters. The third kappa shape index (κ3) is 4.82. The van der Waals surface area contributed by atoms with Crippen molar-refractivity contribution in [3.63, 3.8) is 0 Å². The predicted molar refractivity (Wildman–Crippen MR) is 85.2 cm³/mol. The van der Waals surface area contributed by atoms with Gasteiger partial charge in [0.2, 0.25) is 0 Å². The Balaban J connectivity index is 2.47. The highest BCUT2D eigenvalue weighted by molar-refractivity contribution is 14.1. The van der Waals surface area contributed by atoms with Crippen molar-refractivity contribution in [2.45, 2.75) is 58.5 Å². The highest BCUT2D eigenvalue weighted by Gasteiger charge is 2.43. The standard InChI is InChI=1S/C15H27IO2/c1-3-8-15(9-6-10-15)14(7-5-11-16)18-13-12-17-4-2/h5,11,14H,3-4,6-10,12-13H2,1-2H3/b11-5+. The first-order valence-corrected chi connectivity index (χ1v) is 8.48. The minimum Gasteiger partial charge on any atom is -0.379 e. The Morgan fingerprint density at radius 1 is 1.28 bits per heavy atom. The van der Waals surface area contributed by atoms with E-state index in [0.717, 1.165) is 26.2 Å². The Hall–Kier alpha value is 0.390. The summed E-state index contributed by atoms with van der Waals surface area (Å²) >= 11 is 2.29. The van der Waals surface area contributed by atoms with Gasteiger partial charge < -0.3 is 9.47 Å². The average Bonchev–Trinajstić information content (AvgIpc) is 2.33. The maximum absolute atomic E-state index is 6.13. The Morgan fingerprint density at radius 2 is 2.06 bits per heavy atom. The van der Waals surface area contributed by atoms with E-state index in [0.29, 0.717) is 11.5 Å². The third-order valence-electron chi connectivity index (χ3n) is 3.97. The smallest absolute Gasteiger partial charge is 0.0704 e. The zero-order valence-electron chi connectivity index (χ0n) is 11.8. The van der Waals surface area contributed by atoms with Crippen molar-refractivity contribution in [2.24, 2.45) is 5.41 Å². The van der Waals surface area contributed by atoms with E-state index < -0.39 is 0 Å². The molecule has 1 saturated carbocycles. The molecule has 1 aliphatic rings. The molecule has 0 amide bonds. The molecule has 1 atom stereocenters. The van der Waals surface area contributed by atoms with Gasteiger partial charge in [0.15, 0.2) is 0 Å². The number of hydrogen-bond donors (Lipinski definition) is 0. The minimum absolute atomic E-state index is 0.387. The lowest BCUT2D eigenvalue weighted by Crippen LogP contribution is -2.43. The van der Waals surface area contributed by atoms with Crippen molar-refractivity contribution < 1.29 is 9.47 Å². The van der Waals surface area contributed by atoms with Gasteiger partial charge in [-0.25, -0.2) is 0 Å². The van der Waals surface area contributed by atoms with E-state index in [1.807, 2.05) is 6.92 Å². The van der Waals surface area contributed by atoms with Gasteiger partial charge in [-0.1, -0.05) is 48.4 Å². The fraction of sp³-hybridized carbons (Fsp3) is 0.867. The summed E-state index contributed by atoms with van der Waals surface area (Å²) < 4.78 is 13.6. The molecule has 0 heterocycles. The first kappa shape index (κ1) is 16.4. The zero-order chi connectivity index (χ0) is 13.3. The van der Waals surface area contributed by atoms with E-state index >= 15 is 0 Å². The van der Waals surface area contributed by atoms with Crippen LogP contribution >= 0.6 is 22.6 Å². The van der Waals surface area contributed by atoms with Gasteiger partial charge in [-0.3, -0.25) is 0 Å². The average molecular weight is 366 g/mol. The van der Waals surface area contributed by atoms with Crippen LogP contribution in [0.5, 0.6) is 0 Å². The third-order valence-corrected chi connectivity index (χ3v) is 4.48. The fourth-order valence-corrected chi connectivity index (χ4v) is 3.22. The molecular formula is C15H27IO2. The van der Waals surface area contributed by atoms with E-state index in [9.17, 15) is 0 Å². The van der Waals surface area contributed by atoms with Crippen LogP contribution in [0.15, 0.2) is 10.2 Å². The second-order valence-electron chi connectivity index (χ2n) is 5.12. The Bertz CT molecular complexity index is 237. The summed E-state index contributed by atoms with van der Waals surface area (Å²) in [5.74, 6) is 0. The van der Waals surface area contributed by atoms with Crippen LogP contribution in [0.1, 0.15) is 52.4 Å². The number of halogens is 1. The highest BCUT2D eigenvalue weighted by Crippen LogP contribution is 2.49. The van der Waals surface area contributed by atoms with E-state index in [1.54, 1.807) is 0 Å². The van der Waals surface area contributed by atoms with Crippen molar-refractivity contribution >= 4 is 22.6 Å². The van der Waals surface area contributed by atoms with Crippen LogP contribution in [0, 0.1) is 5.41 Å². The molecule has 0 bridgehead atoms. The molecule has 0 aromatic heterocycles. The van der Waals surface area contributed by atoms with Crippen LogP contribution in [0.2, 0.25) is 0 Å². The highest BCUT2D eigenvalue weighted by atomic mass is 127. The molecule has 1 rings (SSSR count). The zero-order valence-corrected chi connectivity index (χ0v) is 13.9. The van der Waals surface area contributed by atoms with E-state index in [4.69, 9.17) is 9.47 Å². The number of rotatable bonds is 10. The Labute approximate surface area is 126 Å². The first-order chi connectivity index (χ1) is 8.79. The molecule has 0 spiro atoms. The lowest BCUT2D eigenvalue weighted by atomic mass is 9.62. The summed E-state index contributed by atoms with van der Waals surface area (Å²) in [4.78, 5) is 0. The molecular weight excluding hydrogens is 339 g/mol. The molecule has 0 radical (unpaired) electrons. The van der Waals surface area contributed by atoms with E-state index in [-0.39, 0.29) is 0 Å². The van der Waals surface area contributed by atoms with E-state index in [2.05, 4.69) is 39.7 Å². The molecule has 1 aliphatic carbocycles. The van der Waals surface area contributed by atoms with Gasteiger partial charge in [0.25, 0.3) is 0 Å². The molecule has 1 fully saturated rings. The largest absolute Gasteiger partial charge is 0.379 e. The molecule has 0 saturated heterocycles. The summed E-state index contributed by atoms with van der Waals surface area (Å²) in [5.41, 5.74) is 0.455. The summed E-state index contributed by atoms with van der Waals surface area (Å²) in [6.45, 7) is 6.55. The predicted octanol–water partition coefficient (Wildman–Crippen LogP) is 4.72. The molecule has 0 N–H and O–H groups in total. The molecule has 106 valence electrons. The SMILES string of the molecule is CCCC1(C(C/C=C/I)OCCOCC)CCC1. The second kappa shape index (κ2) is 9.32. The molecule has 0 aromatic carbocycles. The molecule has 2 nitrogen and oxygen atoms in total. The van der Waals surface area contributed by atoms with Crippen LogP contribution in [-0.2, 0) is 9.47 Å². The monoisotopic (exact) mass is 366 g/mol. The van der Waals surface area contributed by atoms with Gasteiger partial charge in [0, 0.05) is 6.61 Å². The van der Waals surface area contributed by atoms with E-state index in [1.165, 1.54) is 32.1 Å². The normalized spacial score (nSPS) is 19.9.